The Kier molecular flexibility index (Phi) is 6.47. The van der Waals surface area contributed by atoms with E-state index >= 15 is 0 Å². The van der Waals surface area contributed by atoms with Crippen molar-refractivity contribution in [1.29, 1.82) is 0 Å². The summed E-state index contributed by atoms with van der Waals surface area (Å²) in [6, 6.07) is 3.97. The molecule has 0 aromatic carbocycles. The number of hydrogen-bond acceptors (Lipinski definition) is 7. The molecule has 1 amide bonds. The highest BCUT2D eigenvalue weighted by Crippen LogP contribution is 2.34. The molecule has 26 heavy (non-hydrogen) atoms. The van der Waals surface area contributed by atoms with Crippen LogP contribution in [0.3, 0.4) is 0 Å². The number of nitrogens with one attached hydrogen (secondary N) is 1. The molecule has 1 N–H and O–H groups in total. The van der Waals surface area contributed by atoms with Crippen molar-refractivity contribution in [3.63, 3.8) is 0 Å². The summed E-state index contributed by atoms with van der Waals surface area (Å²) in [5.41, 5.74) is 0.850. The molecule has 3 aromatic rings. The molecule has 0 fully saturated rings. The number of carbonyl (C=O) groups is 1. The van der Waals surface area contributed by atoms with Gasteiger partial charge in [0.15, 0.2) is 5.16 Å². The van der Waals surface area contributed by atoms with Crippen molar-refractivity contribution in [2.24, 2.45) is 7.05 Å². The largest absolute Gasteiger partial charge is 0.385 e. The Morgan fingerprint density at radius 1 is 1.42 bits per heavy atom. The van der Waals surface area contributed by atoms with Gasteiger partial charge in [-0.3, -0.25) is 14.2 Å². The predicted molar refractivity (Wildman–Crippen MR) is 108 cm³/mol. The first-order valence-electron chi connectivity index (χ1n) is 8.02. The topological polar surface area (TPSA) is 73.2 Å². The van der Waals surface area contributed by atoms with Crippen molar-refractivity contribution in [2.45, 2.75) is 11.6 Å². The number of methoxy groups -OCH3 is 1. The van der Waals surface area contributed by atoms with Crippen LogP contribution < -0.4 is 10.9 Å². The van der Waals surface area contributed by atoms with Crippen molar-refractivity contribution >= 4 is 50.6 Å². The number of nitrogens with zero attached hydrogens (tertiary/aromatic N) is 2. The molecule has 0 aliphatic carbocycles. The maximum absolute atomic E-state index is 12.8. The highest BCUT2D eigenvalue weighted by Gasteiger charge is 2.16. The van der Waals surface area contributed by atoms with Crippen LogP contribution in [-0.4, -0.2) is 41.5 Å². The third-order valence-corrected chi connectivity index (χ3v) is 6.55. The summed E-state index contributed by atoms with van der Waals surface area (Å²) in [4.78, 5) is 31.1. The molecule has 0 unspecified atom stereocenters. The minimum absolute atomic E-state index is 0.0779. The molecule has 0 spiro atoms. The summed E-state index contributed by atoms with van der Waals surface area (Å²) < 4.78 is 6.47. The van der Waals surface area contributed by atoms with E-state index in [-0.39, 0.29) is 17.2 Å². The number of aromatic nitrogens is 2. The maximum atomic E-state index is 12.8. The zero-order valence-corrected chi connectivity index (χ0v) is 16.9. The molecule has 0 bridgehead atoms. The third-order valence-electron chi connectivity index (χ3n) is 3.74. The van der Waals surface area contributed by atoms with Crippen LogP contribution in [0.2, 0.25) is 0 Å². The highest BCUT2D eigenvalue weighted by atomic mass is 32.2. The SMILES string of the molecule is COCCCNC(=O)CSc1nc2scc(-c3cccs3)c2c(=O)n1C. The Balaban J connectivity index is 1.75. The molecule has 0 saturated heterocycles. The van der Waals surface area contributed by atoms with E-state index < -0.39 is 0 Å². The van der Waals surface area contributed by atoms with E-state index in [0.29, 0.717) is 28.5 Å². The smallest absolute Gasteiger partial charge is 0.263 e. The van der Waals surface area contributed by atoms with Gasteiger partial charge in [0.05, 0.1) is 11.1 Å². The van der Waals surface area contributed by atoms with Gasteiger partial charge < -0.3 is 10.1 Å². The van der Waals surface area contributed by atoms with E-state index in [2.05, 4.69) is 10.3 Å². The number of fused-ring (bicyclic) bond motifs is 1. The monoisotopic (exact) mass is 409 g/mol. The second kappa shape index (κ2) is 8.81. The zero-order chi connectivity index (χ0) is 18.5. The average molecular weight is 410 g/mol. The first-order chi connectivity index (χ1) is 12.6. The molecule has 138 valence electrons. The van der Waals surface area contributed by atoms with Gasteiger partial charge in [-0.25, -0.2) is 4.98 Å². The van der Waals surface area contributed by atoms with Crippen molar-refractivity contribution in [1.82, 2.24) is 14.9 Å². The number of hydrogen-bond donors (Lipinski definition) is 1. The second-order valence-corrected chi connectivity index (χ2v) is 8.30. The molecule has 0 radical (unpaired) electrons. The summed E-state index contributed by atoms with van der Waals surface area (Å²) in [6.45, 7) is 1.19. The first kappa shape index (κ1) is 19.1. The fraction of sp³-hybridized carbons (Fsp3) is 0.353. The molecule has 9 heteroatoms. The van der Waals surface area contributed by atoms with Gasteiger partial charge in [0.1, 0.15) is 4.83 Å². The Morgan fingerprint density at radius 2 is 2.27 bits per heavy atom. The minimum atomic E-state index is -0.0809. The quantitative estimate of drug-likeness (QED) is 0.352. The molecule has 0 aliphatic heterocycles. The van der Waals surface area contributed by atoms with E-state index in [4.69, 9.17) is 4.74 Å². The van der Waals surface area contributed by atoms with E-state index in [9.17, 15) is 9.59 Å². The molecule has 0 atom stereocenters. The van der Waals surface area contributed by atoms with Crippen LogP contribution in [0.25, 0.3) is 20.7 Å². The fourth-order valence-corrected chi connectivity index (χ4v) is 5.03. The van der Waals surface area contributed by atoms with E-state index in [0.717, 1.165) is 16.9 Å². The van der Waals surface area contributed by atoms with Gasteiger partial charge in [-0.15, -0.1) is 22.7 Å². The summed E-state index contributed by atoms with van der Waals surface area (Å²) in [6.07, 6.45) is 0.774. The van der Waals surface area contributed by atoms with Gasteiger partial charge in [-0.2, -0.15) is 0 Å². The lowest BCUT2D eigenvalue weighted by molar-refractivity contribution is -0.118. The Bertz CT molecular complexity index is 947. The third kappa shape index (κ3) is 4.17. The van der Waals surface area contributed by atoms with Crippen molar-refractivity contribution in [2.75, 3.05) is 26.0 Å². The summed E-state index contributed by atoms with van der Waals surface area (Å²) in [7, 11) is 3.33. The van der Waals surface area contributed by atoms with Crippen molar-refractivity contribution < 1.29 is 9.53 Å². The fourth-order valence-electron chi connectivity index (χ4n) is 2.42. The number of rotatable bonds is 8. The maximum Gasteiger partial charge on any atom is 0.263 e. The summed E-state index contributed by atoms with van der Waals surface area (Å²) in [5.74, 6) is 0.146. The van der Waals surface area contributed by atoms with Gasteiger partial charge in [0.2, 0.25) is 5.91 Å². The van der Waals surface area contributed by atoms with Crippen LogP contribution >= 0.6 is 34.4 Å². The molecule has 3 heterocycles. The second-order valence-electron chi connectivity index (χ2n) is 5.55. The van der Waals surface area contributed by atoms with Gasteiger partial charge >= 0.3 is 0 Å². The Labute approximate surface area is 163 Å². The lowest BCUT2D eigenvalue weighted by Gasteiger charge is -2.08. The van der Waals surface area contributed by atoms with Crippen LogP contribution in [0.15, 0.2) is 32.8 Å². The standard InChI is InChI=1S/C17H19N3O3S3/c1-20-16(22)14-11(12-5-3-8-24-12)9-25-15(14)19-17(20)26-10-13(21)18-6-4-7-23-2/h3,5,8-9H,4,6-7,10H2,1-2H3,(H,18,21). The van der Waals surface area contributed by atoms with Crippen LogP contribution in [0.1, 0.15) is 6.42 Å². The number of thioether (sulfide) groups is 1. The van der Waals surface area contributed by atoms with E-state index in [1.807, 2.05) is 22.9 Å². The number of ether oxygens (including phenoxy) is 1. The predicted octanol–water partition coefficient (Wildman–Crippen LogP) is 2.97. The van der Waals surface area contributed by atoms with Crippen LogP contribution in [0.5, 0.6) is 0 Å². The Hall–Kier alpha value is -1.68. The van der Waals surface area contributed by atoms with E-state index in [1.54, 1.807) is 25.5 Å². The minimum Gasteiger partial charge on any atom is -0.385 e. The van der Waals surface area contributed by atoms with Gasteiger partial charge in [0.25, 0.3) is 5.56 Å². The molecular formula is C17H19N3O3S3. The summed E-state index contributed by atoms with van der Waals surface area (Å²) in [5, 5.41) is 7.99. The first-order valence-corrected chi connectivity index (χ1v) is 10.8. The summed E-state index contributed by atoms with van der Waals surface area (Å²) >= 11 is 4.33. The number of carbonyl (C=O) groups excluding carboxylic acids is 1. The van der Waals surface area contributed by atoms with Gasteiger partial charge in [-0.05, 0) is 17.9 Å². The number of thiophene rings is 2. The number of amides is 1. The molecule has 0 saturated carbocycles. The zero-order valence-electron chi connectivity index (χ0n) is 14.5. The van der Waals surface area contributed by atoms with Crippen molar-refractivity contribution in [3.05, 3.63) is 33.2 Å². The van der Waals surface area contributed by atoms with Crippen LogP contribution in [0, 0.1) is 0 Å². The van der Waals surface area contributed by atoms with Crippen LogP contribution in [0.4, 0.5) is 0 Å². The molecular weight excluding hydrogens is 390 g/mol. The lowest BCUT2D eigenvalue weighted by atomic mass is 10.2. The van der Waals surface area contributed by atoms with Gasteiger partial charge in [0, 0.05) is 43.1 Å². The van der Waals surface area contributed by atoms with Crippen LogP contribution in [-0.2, 0) is 16.6 Å². The molecule has 6 nitrogen and oxygen atoms in total. The average Bonchev–Trinajstić information content (AvgIpc) is 3.29. The lowest BCUT2D eigenvalue weighted by Crippen LogP contribution is -2.27. The molecule has 3 aromatic heterocycles. The van der Waals surface area contributed by atoms with Gasteiger partial charge in [-0.1, -0.05) is 17.8 Å². The van der Waals surface area contributed by atoms with E-state index in [1.165, 1.54) is 27.7 Å². The van der Waals surface area contributed by atoms with Crippen molar-refractivity contribution in [3.8, 4) is 10.4 Å². The molecule has 0 aliphatic rings. The normalized spacial score (nSPS) is 11.2. The Morgan fingerprint density at radius 3 is 3.00 bits per heavy atom. The highest BCUT2D eigenvalue weighted by molar-refractivity contribution is 7.99. The molecule has 3 rings (SSSR count).